The second-order valence-electron chi connectivity index (χ2n) is 15.4. The highest BCUT2D eigenvalue weighted by molar-refractivity contribution is 8.01. The second-order valence-corrected chi connectivity index (χ2v) is 18.8. The molecule has 0 bridgehead atoms. The maximum absolute atomic E-state index is 15.1. The van der Waals surface area contributed by atoms with Crippen molar-refractivity contribution in [2.45, 2.75) is 60.1 Å². The third kappa shape index (κ3) is 9.01. The highest BCUT2D eigenvalue weighted by Crippen LogP contribution is 2.52. The SMILES string of the molecule is CC(C)(C)OC(=O)CN(CCc1ccccc1)C(=O)C1CC(SC(c2ccccc2)(c2ccccc2)c2ccccc2)CN1S(=O)(=O)c1ccc2ccccc2c1. The lowest BCUT2D eigenvalue weighted by atomic mass is 9.84. The summed E-state index contributed by atoms with van der Waals surface area (Å²) in [5, 5.41) is 1.38. The van der Waals surface area contributed by atoms with E-state index in [2.05, 4.69) is 36.4 Å². The van der Waals surface area contributed by atoms with Crippen LogP contribution in [0.5, 0.6) is 0 Å². The van der Waals surface area contributed by atoms with Crippen molar-refractivity contribution in [3.05, 3.63) is 186 Å². The predicted octanol–water partition coefficient (Wildman–Crippen LogP) is 9.11. The van der Waals surface area contributed by atoms with Crippen LogP contribution >= 0.6 is 11.8 Å². The molecular formula is C48H48N2O5S2. The monoisotopic (exact) mass is 796 g/mol. The summed E-state index contributed by atoms with van der Waals surface area (Å²) in [5.74, 6) is -0.970. The lowest BCUT2D eigenvalue weighted by Crippen LogP contribution is -2.50. The van der Waals surface area contributed by atoms with Gasteiger partial charge in [-0.3, -0.25) is 9.59 Å². The van der Waals surface area contributed by atoms with Gasteiger partial charge in [0.2, 0.25) is 15.9 Å². The van der Waals surface area contributed by atoms with E-state index in [0.29, 0.717) is 6.42 Å². The van der Waals surface area contributed by atoms with E-state index in [-0.39, 0.29) is 36.2 Å². The molecule has 9 heteroatoms. The molecule has 7 rings (SSSR count). The van der Waals surface area contributed by atoms with Crippen molar-refractivity contribution in [3.63, 3.8) is 0 Å². The van der Waals surface area contributed by atoms with E-state index >= 15 is 4.79 Å². The Morgan fingerprint density at radius 1 is 0.702 bits per heavy atom. The minimum absolute atomic E-state index is 0.0868. The lowest BCUT2D eigenvalue weighted by molar-refractivity contribution is -0.159. The Bertz CT molecular complexity index is 2310. The molecule has 1 aliphatic heterocycles. The molecule has 0 aromatic heterocycles. The third-order valence-electron chi connectivity index (χ3n) is 10.3. The Morgan fingerprint density at radius 2 is 1.21 bits per heavy atom. The molecule has 2 unspecified atom stereocenters. The van der Waals surface area contributed by atoms with Crippen molar-refractivity contribution < 1.29 is 22.7 Å². The van der Waals surface area contributed by atoms with Crippen molar-refractivity contribution >= 4 is 44.4 Å². The molecule has 7 nitrogen and oxygen atoms in total. The van der Waals surface area contributed by atoms with E-state index in [1.807, 2.05) is 109 Å². The van der Waals surface area contributed by atoms with Crippen LogP contribution < -0.4 is 0 Å². The summed E-state index contributed by atoms with van der Waals surface area (Å²) in [6.07, 6.45) is 0.720. The Labute approximate surface area is 340 Å². The minimum Gasteiger partial charge on any atom is -0.459 e. The van der Waals surface area contributed by atoms with Gasteiger partial charge < -0.3 is 9.64 Å². The summed E-state index contributed by atoms with van der Waals surface area (Å²) in [4.78, 5) is 30.1. The maximum atomic E-state index is 15.1. The molecule has 2 atom stereocenters. The summed E-state index contributed by atoms with van der Waals surface area (Å²) >= 11 is 1.67. The standard InChI is InChI=1S/C48H48N2O5S2/c1-47(2,3)55-45(51)35-49(31-30-36-18-8-4-9-19-36)46(52)44-33-42(34-50(44)57(53,54)43-29-28-37-20-16-17-21-38(37)32-43)56-48(39-22-10-5-11-23-39,40-24-12-6-13-25-40)41-26-14-7-15-27-41/h4-29,32,42,44H,30-31,33-35H2,1-3H3. The first-order valence-electron chi connectivity index (χ1n) is 19.3. The Hall–Kier alpha value is -5.22. The molecule has 6 aromatic carbocycles. The molecule has 1 aliphatic rings. The number of benzene rings is 6. The van der Waals surface area contributed by atoms with Gasteiger partial charge in [0.1, 0.15) is 18.2 Å². The molecular weight excluding hydrogens is 749 g/mol. The summed E-state index contributed by atoms with van der Waals surface area (Å²) < 4.78 is 36.3. The van der Waals surface area contributed by atoms with E-state index < -0.39 is 38.3 Å². The third-order valence-corrected chi connectivity index (χ3v) is 13.9. The molecule has 1 amide bonds. The summed E-state index contributed by atoms with van der Waals surface area (Å²) in [6.45, 7) is 5.36. The average molecular weight is 797 g/mol. The van der Waals surface area contributed by atoms with Gasteiger partial charge in [0.05, 0.1) is 9.64 Å². The molecule has 1 heterocycles. The van der Waals surface area contributed by atoms with Crippen molar-refractivity contribution in [1.82, 2.24) is 9.21 Å². The summed E-state index contributed by atoms with van der Waals surface area (Å²) in [7, 11) is -4.21. The number of hydrogen-bond acceptors (Lipinski definition) is 6. The number of sulfonamides is 1. The summed E-state index contributed by atoms with van der Waals surface area (Å²) in [5.41, 5.74) is 3.36. The number of ether oxygens (including phenoxy) is 1. The number of carbonyl (C=O) groups is 2. The van der Waals surface area contributed by atoms with Crippen LogP contribution in [0.1, 0.15) is 49.4 Å². The number of hydrogen-bond donors (Lipinski definition) is 0. The quantitative estimate of drug-likeness (QED) is 0.0857. The summed E-state index contributed by atoms with van der Waals surface area (Å²) in [6, 6.07) is 52.2. The first-order chi connectivity index (χ1) is 27.4. The zero-order valence-corrected chi connectivity index (χ0v) is 34.2. The molecule has 57 heavy (non-hydrogen) atoms. The zero-order chi connectivity index (χ0) is 40.0. The number of esters is 1. The van der Waals surface area contributed by atoms with Gasteiger partial charge in [0.25, 0.3) is 0 Å². The van der Waals surface area contributed by atoms with E-state index in [0.717, 1.165) is 33.0 Å². The number of carbonyl (C=O) groups excluding carboxylic acids is 2. The number of rotatable bonds is 13. The normalized spacial score (nSPS) is 16.3. The van der Waals surface area contributed by atoms with Crippen molar-refractivity contribution in [2.75, 3.05) is 19.6 Å². The molecule has 0 aliphatic carbocycles. The van der Waals surface area contributed by atoms with Gasteiger partial charge in [-0.2, -0.15) is 4.31 Å². The lowest BCUT2D eigenvalue weighted by Gasteiger charge is -2.37. The van der Waals surface area contributed by atoms with Crippen LogP contribution in [0.4, 0.5) is 0 Å². The second kappa shape index (κ2) is 17.1. The van der Waals surface area contributed by atoms with Crippen LogP contribution in [-0.4, -0.2) is 66.0 Å². The number of fused-ring (bicyclic) bond motifs is 1. The van der Waals surface area contributed by atoms with Gasteiger partial charge in [0, 0.05) is 18.3 Å². The van der Waals surface area contributed by atoms with Crippen molar-refractivity contribution in [1.29, 1.82) is 0 Å². The van der Waals surface area contributed by atoms with Crippen LogP contribution in [0.15, 0.2) is 169 Å². The maximum Gasteiger partial charge on any atom is 0.326 e. The Balaban J connectivity index is 1.32. The van der Waals surface area contributed by atoms with Gasteiger partial charge in [0.15, 0.2) is 0 Å². The van der Waals surface area contributed by atoms with Gasteiger partial charge in [-0.05, 0) is 78.8 Å². The fraction of sp³-hybridized carbons (Fsp3) is 0.250. The van der Waals surface area contributed by atoms with E-state index in [1.54, 1.807) is 50.7 Å². The molecule has 1 saturated heterocycles. The highest BCUT2D eigenvalue weighted by Gasteiger charge is 2.49. The molecule has 0 saturated carbocycles. The molecule has 6 aromatic rings. The predicted molar refractivity (Wildman–Crippen MR) is 229 cm³/mol. The Kier molecular flexibility index (Phi) is 12.0. The molecule has 0 spiro atoms. The molecule has 0 radical (unpaired) electrons. The van der Waals surface area contributed by atoms with Crippen LogP contribution in [0.3, 0.4) is 0 Å². The zero-order valence-electron chi connectivity index (χ0n) is 32.5. The smallest absolute Gasteiger partial charge is 0.326 e. The number of thioether (sulfide) groups is 1. The number of amides is 1. The van der Waals surface area contributed by atoms with Crippen molar-refractivity contribution in [2.24, 2.45) is 0 Å². The van der Waals surface area contributed by atoms with Crippen molar-refractivity contribution in [3.8, 4) is 0 Å². The van der Waals surface area contributed by atoms with E-state index in [9.17, 15) is 13.2 Å². The van der Waals surface area contributed by atoms with E-state index in [1.165, 1.54) is 9.21 Å². The van der Waals surface area contributed by atoms with Crippen LogP contribution in [0.25, 0.3) is 10.8 Å². The fourth-order valence-electron chi connectivity index (χ4n) is 7.70. The minimum atomic E-state index is -4.21. The average Bonchev–Trinajstić information content (AvgIpc) is 3.66. The van der Waals surface area contributed by atoms with Crippen LogP contribution in [-0.2, 0) is 35.5 Å². The molecule has 0 N–H and O–H groups in total. The largest absolute Gasteiger partial charge is 0.459 e. The first kappa shape index (κ1) is 40.0. The highest BCUT2D eigenvalue weighted by atomic mass is 32.2. The first-order valence-corrected chi connectivity index (χ1v) is 21.7. The topological polar surface area (TPSA) is 84.0 Å². The fourth-order valence-corrected chi connectivity index (χ4v) is 11.3. The van der Waals surface area contributed by atoms with Gasteiger partial charge in [-0.25, -0.2) is 8.42 Å². The van der Waals surface area contributed by atoms with Gasteiger partial charge in [-0.1, -0.05) is 152 Å². The van der Waals surface area contributed by atoms with Gasteiger partial charge >= 0.3 is 5.97 Å². The van der Waals surface area contributed by atoms with Gasteiger partial charge in [-0.15, -0.1) is 11.8 Å². The molecule has 292 valence electrons. The Morgan fingerprint density at radius 3 is 1.75 bits per heavy atom. The number of nitrogens with zero attached hydrogens (tertiary/aromatic N) is 2. The van der Waals surface area contributed by atoms with Crippen LogP contribution in [0, 0.1) is 0 Å². The molecule has 1 fully saturated rings. The van der Waals surface area contributed by atoms with Crippen LogP contribution in [0.2, 0.25) is 0 Å². The van der Waals surface area contributed by atoms with E-state index in [4.69, 9.17) is 4.74 Å².